The van der Waals surface area contributed by atoms with Gasteiger partial charge in [0.25, 0.3) is 0 Å². The highest BCUT2D eigenvalue weighted by molar-refractivity contribution is 5.99. The van der Waals surface area contributed by atoms with Gasteiger partial charge >= 0.3 is 6.03 Å². The molecule has 0 spiro atoms. The molecule has 150 valence electrons. The number of nitrogens with zero attached hydrogens (tertiary/aromatic N) is 1. The van der Waals surface area contributed by atoms with E-state index in [4.69, 9.17) is 10.5 Å². The van der Waals surface area contributed by atoms with Gasteiger partial charge in [-0.05, 0) is 60.9 Å². The second kappa shape index (κ2) is 9.15. The van der Waals surface area contributed by atoms with E-state index in [2.05, 4.69) is 19.2 Å². The number of amides is 2. The van der Waals surface area contributed by atoms with Crippen LogP contribution in [0.4, 0.5) is 21.9 Å². The average Bonchev–Trinajstić information content (AvgIpc) is 2.70. The molecule has 3 aromatic carbocycles. The molecule has 0 bridgehead atoms. The van der Waals surface area contributed by atoms with Gasteiger partial charge in [-0.2, -0.15) is 0 Å². The summed E-state index contributed by atoms with van der Waals surface area (Å²) in [5.41, 5.74) is 9.03. The molecule has 1 unspecified atom stereocenters. The largest absolute Gasteiger partial charge is 0.471 e. The van der Waals surface area contributed by atoms with Gasteiger partial charge in [-0.25, -0.2) is 4.79 Å². The van der Waals surface area contributed by atoms with Crippen LogP contribution in [-0.2, 0) is 0 Å². The zero-order valence-corrected chi connectivity index (χ0v) is 17.0. The molecule has 1 atom stereocenters. The van der Waals surface area contributed by atoms with E-state index in [0.717, 1.165) is 22.7 Å². The number of benzene rings is 3. The van der Waals surface area contributed by atoms with Gasteiger partial charge in [-0.15, -0.1) is 0 Å². The van der Waals surface area contributed by atoms with Gasteiger partial charge in [0.15, 0.2) is 6.23 Å². The number of carbonyl (C=O) groups excluding carboxylic acids is 1. The molecule has 0 saturated heterocycles. The molecule has 3 rings (SSSR count). The normalized spacial score (nSPS) is 11.7. The van der Waals surface area contributed by atoms with Crippen LogP contribution < -0.4 is 20.7 Å². The average molecular weight is 389 g/mol. The highest BCUT2D eigenvalue weighted by Gasteiger charge is 2.21. The summed E-state index contributed by atoms with van der Waals surface area (Å²) in [5, 5.41) is 2.94. The zero-order chi connectivity index (χ0) is 20.8. The predicted molar refractivity (Wildman–Crippen MR) is 119 cm³/mol. The number of hydrogen-bond donors (Lipinski definition) is 2. The van der Waals surface area contributed by atoms with Crippen molar-refractivity contribution in [1.29, 1.82) is 0 Å². The Morgan fingerprint density at radius 2 is 1.45 bits per heavy atom. The second-order valence-electron chi connectivity index (χ2n) is 7.16. The SMILES string of the molecule is CC(NC(=O)N(c1ccccc1)c1ccc(N)cc1)Oc1ccccc1C(C)C. The molecule has 0 aliphatic heterocycles. The van der Waals surface area contributed by atoms with Crippen LogP contribution in [0.3, 0.4) is 0 Å². The molecule has 0 aliphatic rings. The molecule has 3 aromatic rings. The van der Waals surface area contributed by atoms with Crippen molar-refractivity contribution in [2.45, 2.75) is 32.9 Å². The van der Waals surface area contributed by atoms with Crippen molar-refractivity contribution in [3.63, 3.8) is 0 Å². The first-order valence-corrected chi connectivity index (χ1v) is 9.72. The number of ether oxygens (including phenoxy) is 1. The Bertz CT molecular complexity index is 940. The van der Waals surface area contributed by atoms with Crippen LogP contribution in [0.1, 0.15) is 32.3 Å². The minimum absolute atomic E-state index is 0.282. The number of hydrogen-bond acceptors (Lipinski definition) is 3. The van der Waals surface area contributed by atoms with Gasteiger partial charge in [-0.3, -0.25) is 4.90 Å². The molecule has 5 heteroatoms. The van der Waals surface area contributed by atoms with E-state index in [-0.39, 0.29) is 6.03 Å². The first-order valence-electron chi connectivity index (χ1n) is 9.72. The first kappa shape index (κ1) is 20.3. The monoisotopic (exact) mass is 389 g/mol. The molecule has 29 heavy (non-hydrogen) atoms. The molecule has 5 nitrogen and oxygen atoms in total. The maximum atomic E-state index is 13.2. The zero-order valence-electron chi connectivity index (χ0n) is 17.0. The van der Waals surface area contributed by atoms with Crippen molar-refractivity contribution >= 4 is 23.1 Å². The number of nitrogens with one attached hydrogen (secondary N) is 1. The molecule has 0 aliphatic carbocycles. The fourth-order valence-electron chi connectivity index (χ4n) is 3.11. The minimum Gasteiger partial charge on any atom is -0.471 e. The molecule has 0 fully saturated rings. The van der Waals surface area contributed by atoms with E-state index in [1.807, 2.05) is 73.7 Å². The van der Waals surface area contributed by atoms with Crippen LogP contribution in [0.5, 0.6) is 5.75 Å². The van der Waals surface area contributed by atoms with E-state index in [9.17, 15) is 4.79 Å². The van der Waals surface area contributed by atoms with Crippen molar-refractivity contribution in [3.05, 3.63) is 84.4 Å². The molecule has 0 aromatic heterocycles. The molecule has 3 N–H and O–H groups in total. The standard InChI is InChI=1S/C24H27N3O2/c1-17(2)22-11-7-8-12-23(22)29-18(3)26-24(28)27(20-9-5-4-6-10-20)21-15-13-19(25)14-16-21/h4-18H,25H2,1-3H3,(H,26,28). The Labute approximate surface area is 172 Å². The Hall–Kier alpha value is -3.47. The van der Waals surface area contributed by atoms with Crippen molar-refractivity contribution in [2.24, 2.45) is 0 Å². The highest BCUT2D eigenvalue weighted by Crippen LogP contribution is 2.28. The topological polar surface area (TPSA) is 67.6 Å². The fourth-order valence-corrected chi connectivity index (χ4v) is 3.11. The van der Waals surface area contributed by atoms with Gasteiger partial charge in [-0.1, -0.05) is 50.2 Å². The van der Waals surface area contributed by atoms with Gasteiger partial charge in [0, 0.05) is 5.69 Å². The van der Waals surface area contributed by atoms with Crippen molar-refractivity contribution in [2.75, 3.05) is 10.6 Å². The van der Waals surface area contributed by atoms with Crippen LogP contribution in [0.15, 0.2) is 78.9 Å². The molecule has 0 radical (unpaired) electrons. The fraction of sp³-hybridized carbons (Fsp3) is 0.208. The van der Waals surface area contributed by atoms with Crippen molar-refractivity contribution in [3.8, 4) is 5.75 Å². The lowest BCUT2D eigenvalue weighted by Crippen LogP contribution is -2.44. The smallest absolute Gasteiger partial charge is 0.329 e. The predicted octanol–water partition coefficient (Wildman–Crippen LogP) is 5.66. The van der Waals surface area contributed by atoms with Crippen LogP contribution >= 0.6 is 0 Å². The molecule has 0 saturated carbocycles. The Kier molecular flexibility index (Phi) is 6.39. The lowest BCUT2D eigenvalue weighted by molar-refractivity contribution is 0.179. The third-order valence-electron chi connectivity index (χ3n) is 4.54. The third kappa shape index (κ3) is 5.08. The van der Waals surface area contributed by atoms with Gasteiger partial charge in [0.05, 0.1) is 11.4 Å². The summed E-state index contributed by atoms with van der Waals surface area (Å²) in [7, 11) is 0. The van der Waals surface area contributed by atoms with Crippen molar-refractivity contribution < 1.29 is 9.53 Å². The summed E-state index contributed by atoms with van der Waals surface area (Å²) >= 11 is 0. The molecular formula is C24H27N3O2. The third-order valence-corrected chi connectivity index (χ3v) is 4.54. The van der Waals surface area contributed by atoms with Crippen LogP contribution in [0.25, 0.3) is 0 Å². The summed E-state index contributed by atoms with van der Waals surface area (Å²) in [6.45, 7) is 6.05. The van der Waals surface area contributed by atoms with E-state index >= 15 is 0 Å². The Morgan fingerprint density at radius 1 is 0.862 bits per heavy atom. The maximum absolute atomic E-state index is 13.2. The Balaban J connectivity index is 1.81. The van der Waals surface area contributed by atoms with Gasteiger partial charge in [0.1, 0.15) is 5.75 Å². The molecule has 2 amide bonds. The quantitative estimate of drug-likeness (QED) is 0.422. The summed E-state index contributed by atoms with van der Waals surface area (Å²) in [6, 6.07) is 24.3. The van der Waals surface area contributed by atoms with E-state index in [0.29, 0.717) is 11.6 Å². The number of para-hydroxylation sites is 2. The van der Waals surface area contributed by atoms with Gasteiger partial charge < -0.3 is 15.8 Å². The number of urea groups is 1. The molecular weight excluding hydrogens is 362 g/mol. The summed E-state index contributed by atoms with van der Waals surface area (Å²) in [4.78, 5) is 14.8. The maximum Gasteiger partial charge on any atom is 0.329 e. The summed E-state index contributed by atoms with van der Waals surface area (Å²) in [6.07, 6.45) is -0.512. The lowest BCUT2D eigenvalue weighted by Gasteiger charge is -2.26. The molecule has 0 heterocycles. The lowest BCUT2D eigenvalue weighted by atomic mass is 10.0. The van der Waals surface area contributed by atoms with Crippen LogP contribution in [-0.4, -0.2) is 12.3 Å². The number of anilines is 3. The highest BCUT2D eigenvalue weighted by atomic mass is 16.5. The van der Waals surface area contributed by atoms with E-state index < -0.39 is 6.23 Å². The first-order chi connectivity index (χ1) is 14.0. The van der Waals surface area contributed by atoms with E-state index in [1.165, 1.54) is 0 Å². The van der Waals surface area contributed by atoms with Crippen molar-refractivity contribution in [1.82, 2.24) is 5.32 Å². The van der Waals surface area contributed by atoms with Crippen LogP contribution in [0.2, 0.25) is 0 Å². The second-order valence-corrected chi connectivity index (χ2v) is 7.16. The van der Waals surface area contributed by atoms with Crippen LogP contribution in [0, 0.1) is 0 Å². The Morgan fingerprint density at radius 3 is 2.10 bits per heavy atom. The number of nitrogens with two attached hydrogens (primary N) is 1. The summed E-state index contributed by atoms with van der Waals surface area (Å²) in [5.74, 6) is 1.10. The minimum atomic E-state index is -0.512. The van der Waals surface area contributed by atoms with E-state index in [1.54, 1.807) is 17.0 Å². The number of nitrogen functional groups attached to an aromatic ring is 1. The number of rotatable bonds is 6. The summed E-state index contributed by atoms with van der Waals surface area (Å²) < 4.78 is 6.04. The van der Waals surface area contributed by atoms with Gasteiger partial charge in [0.2, 0.25) is 0 Å². The number of carbonyl (C=O) groups is 1.